The minimum Gasteiger partial charge on any atom is -0.397 e. The third kappa shape index (κ3) is 1.99. The third-order valence-corrected chi connectivity index (χ3v) is 3.79. The first kappa shape index (κ1) is 12.6. The number of aliphatic hydroxyl groups excluding tert-OH is 1. The maximum absolute atomic E-state index is 10.6. The Bertz CT molecular complexity index is 487. The zero-order chi connectivity index (χ0) is 13.5. The Morgan fingerprint density at radius 2 is 2.22 bits per heavy atom. The largest absolute Gasteiger partial charge is 0.397 e. The lowest BCUT2D eigenvalue weighted by Gasteiger charge is -2.50. The molecule has 4 N–H and O–H groups in total. The number of nitrogen functional groups attached to an aromatic ring is 1. The summed E-state index contributed by atoms with van der Waals surface area (Å²) in [5.74, 6) is 0. The van der Waals surface area contributed by atoms with Gasteiger partial charge in [-0.1, -0.05) is 13.8 Å². The van der Waals surface area contributed by atoms with E-state index in [1.807, 2.05) is 13.8 Å². The fourth-order valence-electron chi connectivity index (χ4n) is 2.13. The average Bonchev–Trinajstić information content (AvgIpc) is 2.30. The predicted octanol–water partition coefficient (Wildman–Crippen LogP) is 1.75. The second-order valence-electron chi connectivity index (χ2n) is 5.30. The number of nitro benzene ring substituents is 1. The van der Waals surface area contributed by atoms with Crippen LogP contribution >= 0.6 is 0 Å². The molecule has 0 bridgehead atoms. The van der Waals surface area contributed by atoms with E-state index in [4.69, 9.17) is 5.73 Å². The quantitative estimate of drug-likeness (QED) is 0.431. The van der Waals surface area contributed by atoms with Crippen LogP contribution in [0.25, 0.3) is 0 Å². The molecule has 2 rings (SSSR count). The molecule has 1 fully saturated rings. The number of hydrogen-bond donors (Lipinski definition) is 3. The van der Waals surface area contributed by atoms with Crippen molar-refractivity contribution < 1.29 is 10.0 Å². The summed E-state index contributed by atoms with van der Waals surface area (Å²) in [6, 6.07) is 4.48. The van der Waals surface area contributed by atoms with Gasteiger partial charge in [-0.3, -0.25) is 10.1 Å². The number of anilines is 2. The van der Waals surface area contributed by atoms with Gasteiger partial charge in [0.05, 0.1) is 22.4 Å². The van der Waals surface area contributed by atoms with Crippen LogP contribution < -0.4 is 11.1 Å². The highest BCUT2D eigenvalue weighted by atomic mass is 16.6. The molecule has 1 aromatic carbocycles. The Kier molecular flexibility index (Phi) is 2.90. The van der Waals surface area contributed by atoms with E-state index >= 15 is 0 Å². The average molecular weight is 251 g/mol. The number of non-ortho nitro benzene ring substituents is 1. The van der Waals surface area contributed by atoms with Gasteiger partial charge >= 0.3 is 0 Å². The molecule has 2 unspecified atom stereocenters. The summed E-state index contributed by atoms with van der Waals surface area (Å²) in [6.07, 6.45) is 0.331. The molecule has 0 saturated heterocycles. The van der Waals surface area contributed by atoms with Crippen molar-refractivity contribution in [1.82, 2.24) is 0 Å². The summed E-state index contributed by atoms with van der Waals surface area (Å²) in [5, 5.41) is 23.5. The zero-order valence-corrected chi connectivity index (χ0v) is 10.4. The van der Waals surface area contributed by atoms with E-state index in [0.29, 0.717) is 17.8 Å². The van der Waals surface area contributed by atoms with Crippen LogP contribution in [0.2, 0.25) is 0 Å². The molecule has 0 radical (unpaired) electrons. The van der Waals surface area contributed by atoms with E-state index in [1.165, 1.54) is 12.1 Å². The fourth-order valence-corrected chi connectivity index (χ4v) is 2.13. The Balaban J connectivity index is 2.14. The van der Waals surface area contributed by atoms with Crippen molar-refractivity contribution in [2.24, 2.45) is 5.41 Å². The highest BCUT2D eigenvalue weighted by Crippen LogP contribution is 2.43. The summed E-state index contributed by atoms with van der Waals surface area (Å²) >= 11 is 0. The molecule has 98 valence electrons. The molecule has 0 aliphatic heterocycles. The number of aliphatic hydroxyl groups is 1. The topological polar surface area (TPSA) is 101 Å². The molecule has 0 aromatic heterocycles. The van der Waals surface area contributed by atoms with Crippen LogP contribution in [0.4, 0.5) is 17.1 Å². The van der Waals surface area contributed by atoms with Crippen LogP contribution in [0.1, 0.15) is 20.3 Å². The Morgan fingerprint density at radius 3 is 2.67 bits per heavy atom. The van der Waals surface area contributed by atoms with Gasteiger partial charge in [0.25, 0.3) is 5.69 Å². The van der Waals surface area contributed by atoms with Crippen LogP contribution in [-0.4, -0.2) is 22.2 Å². The van der Waals surface area contributed by atoms with Crippen molar-refractivity contribution in [2.75, 3.05) is 11.1 Å². The highest BCUT2D eigenvalue weighted by molar-refractivity contribution is 5.70. The molecule has 2 atom stereocenters. The van der Waals surface area contributed by atoms with Crippen LogP contribution in [0.5, 0.6) is 0 Å². The predicted molar refractivity (Wildman–Crippen MR) is 69.3 cm³/mol. The van der Waals surface area contributed by atoms with Crippen molar-refractivity contribution in [1.29, 1.82) is 0 Å². The number of nitrogens with zero attached hydrogens (tertiary/aromatic N) is 1. The lowest BCUT2D eigenvalue weighted by Crippen LogP contribution is -2.56. The van der Waals surface area contributed by atoms with Gasteiger partial charge in [-0.2, -0.15) is 0 Å². The first-order chi connectivity index (χ1) is 8.32. The molecular formula is C12H17N3O3. The Morgan fingerprint density at radius 1 is 1.56 bits per heavy atom. The minimum absolute atomic E-state index is 0.0223. The normalized spacial score (nSPS) is 25.3. The summed E-state index contributed by atoms with van der Waals surface area (Å²) in [6.45, 7) is 3.95. The molecule has 6 nitrogen and oxygen atoms in total. The van der Waals surface area contributed by atoms with Gasteiger partial charge in [0.1, 0.15) is 0 Å². The fraction of sp³-hybridized carbons (Fsp3) is 0.500. The SMILES string of the molecule is CC1(C)C(O)CC1Nc1ccc([N+](=O)[O-])cc1N. The van der Waals surface area contributed by atoms with Gasteiger partial charge in [0.15, 0.2) is 0 Å². The van der Waals surface area contributed by atoms with Crippen molar-refractivity contribution in [3.8, 4) is 0 Å². The Hall–Kier alpha value is -1.82. The van der Waals surface area contributed by atoms with Crippen molar-refractivity contribution in [3.05, 3.63) is 28.3 Å². The first-order valence-electron chi connectivity index (χ1n) is 5.81. The van der Waals surface area contributed by atoms with Crippen molar-refractivity contribution in [2.45, 2.75) is 32.4 Å². The molecule has 1 saturated carbocycles. The molecular weight excluding hydrogens is 234 g/mol. The highest BCUT2D eigenvalue weighted by Gasteiger charge is 2.47. The number of nitro groups is 1. The summed E-state index contributed by atoms with van der Waals surface area (Å²) in [5.41, 5.74) is 6.56. The summed E-state index contributed by atoms with van der Waals surface area (Å²) in [4.78, 5) is 10.1. The van der Waals surface area contributed by atoms with Crippen LogP contribution in [0, 0.1) is 15.5 Å². The first-order valence-corrected chi connectivity index (χ1v) is 5.81. The number of rotatable bonds is 3. The summed E-state index contributed by atoms with van der Waals surface area (Å²) < 4.78 is 0. The van der Waals surface area contributed by atoms with E-state index in [2.05, 4.69) is 5.32 Å². The molecule has 1 aliphatic carbocycles. The van der Waals surface area contributed by atoms with E-state index in [0.717, 1.165) is 0 Å². The third-order valence-electron chi connectivity index (χ3n) is 3.79. The molecule has 1 aromatic rings. The van der Waals surface area contributed by atoms with Crippen LogP contribution in [0.15, 0.2) is 18.2 Å². The van der Waals surface area contributed by atoms with E-state index in [1.54, 1.807) is 6.07 Å². The van der Waals surface area contributed by atoms with E-state index in [-0.39, 0.29) is 23.2 Å². The summed E-state index contributed by atoms with van der Waals surface area (Å²) in [7, 11) is 0. The number of nitrogens with two attached hydrogens (primary N) is 1. The molecule has 0 heterocycles. The molecule has 18 heavy (non-hydrogen) atoms. The maximum Gasteiger partial charge on any atom is 0.271 e. The smallest absolute Gasteiger partial charge is 0.271 e. The maximum atomic E-state index is 10.6. The van der Waals surface area contributed by atoms with E-state index < -0.39 is 4.92 Å². The van der Waals surface area contributed by atoms with Gasteiger partial charge in [0.2, 0.25) is 0 Å². The van der Waals surface area contributed by atoms with Gasteiger partial charge in [-0.15, -0.1) is 0 Å². The second-order valence-corrected chi connectivity index (χ2v) is 5.30. The number of nitrogens with one attached hydrogen (secondary N) is 1. The van der Waals surface area contributed by atoms with Gasteiger partial charge in [-0.05, 0) is 12.5 Å². The number of benzene rings is 1. The minimum atomic E-state index is -0.475. The van der Waals surface area contributed by atoms with Crippen molar-refractivity contribution >= 4 is 17.1 Å². The standard InChI is InChI=1S/C12H17N3O3/c1-12(2)10(6-11(12)16)14-9-4-3-7(15(17)18)5-8(9)13/h3-5,10-11,14,16H,6,13H2,1-2H3. The Labute approximate surface area is 105 Å². The lowest BCUT2D eigenvalue weighted by molar-refractivity contribution is -0.384. The van der Waals surface area contributed by atoms with Gasteiger partial charge in [0, 0.05) is 23.6 Å². The van der Waals surface area contributed by atoms with Gasteiger partial charge in [-0.25, -0.2) is 0 Å². The van der Waals surface area contributed by atoms with Gasteiger partial charge < -0.3 is 16.2 Å². The van der Waals surface area contributed by atoms with E-state index in [9.17, 15) is 15.2 Å². The number of hydrogen-bond acceptors (Lipinski definition) is 5. The molecule has 1 aliphatic rings. The molecule has 6 heteroatoms. The second kappa shape index (κ2) is 4.13. The van der Waals surface area contributed by atoms with Crippen LogP contribution in [0.3, 0.4) is 0 Å². The lowest BCUT2D eigenvalue weighted by atomic mass is 9.64. The molecule has 0 spiro atoms. The monoisotopic (exact) mass is 251 g/mol. The van der Waals surface area contributed by atoms with Crippen LogP contribution in [-0.2, 0) is 0 Å². The molecule has 0 amide bonds. The van der Waals surface area contributed by atoms with Crippen molar-refractivity contribution in [3.63, 3.8) is 0 Å². The zero-order valence-electron chi connectivity index (χ0n) is 10.4.